The lowest BCUT2D eigenvalue weighted by Crippen LogP contribution is -1.99. The number of rotatable bonds is 4. The van der Waals surface area contributed by atoms with Crippen LogP contribution in [0.5, 0.6) is 5.88 Å². The fourth-order valence-corrected chi connectivity index (χ4v) is 2.37. The minimum Gasteiger partial charge on any atom is -0.470 e. The van der Waals surface area contributed by atoms with Crippen LogP contribution >= 0.6 is 15.9 Å². The summed E-state index contributed by atoms with van der Waals surface area (Å²) in [7, 11) is 0. The molecule has 0 saturated carbocycles. The minimum atomic E-state index is 0.00937. The summed E-state index contributed by atoms with van der Waals surface area (Å²) in [5.41, 5.74) is 2.68. The van der Waals surface area contributed by atoms with Crippen molar-refractivity contribution in [3.63, 3.8) is 0 Å². The number of hydrogen-bond acceptors (Lipinski definition) is 4. The van der Waals surface area contributed by atoms with E-state index in [1.165, 1.54) is 0 Å². The zero-order valence-corrected chi connectivity index (χ0v) is 12.6. The second-order valence-electron chi connectivity index (χ2n) is 4.40. The van der Waals surface area contributed by atoms with E-state index in [2.05, 4.69) is 25.9 Å². The number of fused-ring (bicyclic) bond motifs is 1. The lowest BCUT2D eigenvalue weighted by molar-refractivity contribution is -0.109. The van der Waals surface area contributed by atoms with Crippen LogP contribution in [0.15, 0.2) is 53.1 Å². The van der Waals surface area contributed by atoms with Gasteiger partial charge in [0.2, 0.25) is 5.88 Å². The monoisotopic (exact) mass is 342 g/mol. The molecule has 0 N–H and O–H groups in total. The number of ether oxygens (including phenoxy) is 1. The number of carbonyl (C=O) groups excluding carboxylic acids is 1. The molecular formula is C16H11BrN2O2. The molecule has 0 aliphatic carbocycles. The Morgan fingerprint density at radius 1 is 1.14 bits per heavy atom. The van der Waals surface area contributed by atoms with Crippen molar-refractivity contribution in [1.29, 1.82) is 0 Å². The standard InChI is InChI=1S/C16H11BrN2O2/c17-13-3-5-14-11(9-13)1-4-15(19-14)12-2-6-16(18-10-12)21-8-7-20/h1-7,9-10H,8H2. The molecule has 21 heavy (non-hydrogen) atoms. The highest BCUT2D eigenvalue weighted by Gasteiger charge is 2.03. The number of aldehydes is 1. The zero-order valence-electron chi connectivity index (χ0n) is 11.0. The molecule has 104 valence electrons. The molecule has 0 unspecified atom stereocenters. The molecule has 3 rings (SSSR count). The highest BCUT2D eigenvalue weighted by atomic mass is 79.9. The molecule has 1 aromatic carbocycles. The Kier molecular flexibility index (Phi) is 3.92. The van der Waals surface area contributed by atoms with E-state index >= 15 is 0 Å². The Hall–Kier alpha value is -2.27. The number of hydrogen-bond donors (Lipinski definition) is 0. The van der Waals surface area contributed by atoms with Gasteiger partial charge in [-0.3, -0.25) is 4.79 Å². The van der Waals surface area contributed by atoms with Crippen molar-refractivity contribution < 1.29 is 9.53 Å². The third-order valence-electron chi connectivity index (χ3n) is 2.98. The highest BCUT2D eigenvalue weighted by Crippen LogP contribution is 2.23. The molecule has 0 radical (unpaired) electrons. The number of nitrogens with zero attached hydrogens (tertiary/aromatic N) is 2. The Morgan fingerprint density at radius 2 is 2.05 bits per heavy atom. The summed E-state index contributed by atoms with van der Waals surface area (Å²) in [6, 6.07) is 13.6. The quantitative estimate of drug-likeness (QED) is 0.679. The summed E-state index contributed by atoms with van der Waals surface area (Å²) < 4.78 is 6.16. The molecule has 0 aliphatic rings. The van der Waals surface area contributed by atoms with E-state index in [1.54, 1.807) is 12.3 Å². The average molecular weight is 343 g/mol. The smallest absolute Gasteiger partial charge is 0.213 e. The van der Waals surface area contributed by atoms with Crippen LogP contribution in [0, 0.1) is 0 Å². The second-order valence-corrected chi connectivity index (χ2v) is 5.31. The van der Waals surface area contributed by atoms with E-state index in [0.29, 0.717) is 12.2 Å². The van der Waals surface area contributed by atoms with Crippen LogP contribution in [-0.2, 0) is 4.79 Å². The van der Waals surface area contributed by atoms with Crippen molar-refractivity contribution in [3.8, 4) is 17.1 Å². The van der Waals surface area contributed by atoms with Gasteiger partial charge in [-0.2, -0.15) is 0 Å². The van der Waals surface area contributed by atoms with Crippen LogP contribution in [0.1, 0.15) is 0 Å². The van der Waals surface area contributed by atoms with Gasteiger partial charge in [0.15, 0.2) is 6.29 Å². The predicted octanol–water partition coefficient (Wildman–Crippen LogP) is 3.64. The fourth-order valence-electron chi connectivity index (χ4n) is 1.99. The molecule has 3 aromatic rings. The normalized spacial score (nSPS) is 10.5. The first kappa shape index (κ1) is 13.7. The molecule has 0 amide bonds. The molecule has 0 aliphatic heterocycles. The summed E-state index contributed by atoms with van der Waals surface area (Å²) in [5.74, 6) is 0.426. The van der Waals surface area contributed by atoms with Crippen molar-refractivity contribution in [1.82, 2.24) is 9.97 Å². The molecular weight excluding hydrogens is 332 g/mol. The van der Waals surface area contributed by atoms with Crippen molar-refractivity contribution in [2.24, 2.45) is 0 Å². The van der Waals surface area contributed by atoms with Crippen molar-refractivity contribution in [2.75, 3.05) is 6.61 Å². The third kappa shape index (κ3) is 3.08. The molecule has 0 saturated heterocycles. The maximum atomic E-state index is 10.2. The lowest BCUT2D eigenvalue weighted by atomic mass is 10.1. The first-order valence-electron chi connectivity index (χ1n) is 6.35. The van der Waals surface area contributed by atoms with Crippen LogP contribution in [0.25, 0.3) is 22.2 Å². The number of aromatic nitrogens is 2. The predicted molar refractivity (Wildman–Crippen MR) is 84.2 cm³/mol. The summed E-state index contributed by atoms with van der Waals surface area (Å²) >= 11 is 3.45. The van der Waals surface area contributed by atoms with E-state index < -0.39 is 0 Å². The first-order chi connectivity index (χ1) is 10.3. The van der Waals surface area contributed by atoms with Gasteiger partial charge in [-0.1, -0.05) is 22.0 Å². The molecule has 0 bridgehead atoms. The lowest BCUT2D eigenvalue weighted by Gasteiger charge is -2.05. The van der Waals surface area contributed by atoms with Gasteiger partial charge in [-0.05, 0) is 30.3 Å². The molecule has 0 fully saturated rings. The number of pyridine rings is 2. The molecule has 4 nitrogen and oxygen atoms in total. The maximum Gasteiger partial charge on any atom is 0.213 e. The van der Waals surface area contributed by atoms with Gasteiger partial charge >= 0.3 is 0 Å². The summed E-state index contributed by atoms with van der Waals surface area (Å²) in [6.07, 6.45) is 2.38. The average Bonchev–Trinajstić information content (AvgIpc) is 2.53. The van der Waals surface area contributed by atoms with Crippen LogP contribution < -0.4 is 4.74 Å². The van der Waals surface area contributed by atoms with E-state index in [1.807, 2.05) is 36.4 Å². The molecule has 0 spiro atoms. The second kappa shape index (κ2) is 6.01. The largest absolute Gasteiger partial charge is 0.470 e. The Morgan fingerprint density at radius 3 is 2.81 bits per heavy atom. The Balaban J connectivity index is 1.92. The number of benzene rings is 1. The van der Waals surface area contributed by atoms with Crippen molar-refractivity contribution in [3.05, 3.63) is 53.1 Å². The van der Waals surface area contributed by atoms with Gasteiger partial charge in [0.05, 0.1) is 11.2 Å². The van der Waals surface area contributed by atoms with Gasteiger partial charge in [0.25, 0.3) is 0 Å². The van der Waals surface area contributed by atoms with Gasteiger partial charge in [-0.15, -0.1) is 0 Å². The summed E-state index contributed by atoms with van der Waals surface area (Å²) in [4.78, 5) is 19.0. The Labute approximate surface area is 129 Å². The van der Waals surface area contributed by atoms with Crippen LogP contribution in [0.4, 0.5) is 0 Å². The number of carbonyl (C=O) groups is 1. The molecule has 0 atom stereocenters. The van der Waals surface area contributed by atoms with Crippen LogP contribution in [0.3, 0.4) is 0 Å². The molecule has 2 heterocycles. The van der Waals surface area contributed by atoms with Gasteiger partial charge in [0.1, 0.15) is 6.61 Å². The SMILES string of the molecule is O=CCOc1ccc(-c2ccc3cc(Br)ccc3n2)cn1. The maximum absolute atomic E-state index is 10.2. The van der Waals surface area contributed by atoms with Crippen LogP contribution in [0.2, 0.25) is 0 Å². The van der Waals surface area contributed by atoms with E-state index in [-0.39, 0.29) is 6.61 Å². The van der Waals surface area contributed by atoms with Gasteiger partial charge < -0.3 is 4.74 Å². The highest BCUT2D eigenvalue weighted by molar-refractivity contribution is 9.10. The van der Waals surface area contributed by atoms with Crippen molar-refractivity contribution in [2.45, 2.75) is 0 Å². The molecule has 5 heteroatoms. The van der Waals surface area contributed by atoms with E-state index in [4.69, 9.17) is 4.74 Å². The molecule has 2 aromatic heterocycles. The van der Waals surface area contributed by atoms with Crippen molar-refractivity contribution >= 4 is 33.1 Å². The third-order valence-corrected chi connectivity index (χ3v) is 3.48. The first-order valence-corrected chi connectivity index (χ1v) is 7.15. The minimum absolute atomic E-state index is 0.00937. The van der Waals surface area contributed by atoms with Gasteiger partial charge in [0, 0.05) is 27.7 Å². The van der Waals surface area contributed by atoms with Crippen LogP contribution in [-0.4, -0.2) is 22.9 Å². The topological polar surface area (TPSA) is 52.1 Å². The van der Waals surface area contributed by atoms with Gasteiger partial charge in [-0.25, -0.2) is 9.97 Å². The summed E-state index contributed by atoms with van der Waals surface area (Å²) in [5, 5.41) is 1.08. The Bertz CT molecular complexity index is 788. The summed E-state index contributed by atoms with van der Waals surface area (Å²) in [6.45, 7) is 0.00937. The zero-order chi connectivity index (χ0) is 14.7. The number of halogens is 1. The van der Waals surface area contributed by atoms with E-state index in [9.17, 15) is 4.79 Å². The fraction of sp³-hybridized carbons (Fsp3) is 0.0625. The van der Waals surface area contributed by atoms with E-state index in [0.717, 1.165) is 26.6 Å².